The first-order chi connectivity index (χ1) is 7.78. The molecule has 2 atom stereocenters. The van der Waals surface area contributed by atoms with E-state index in [1.165, 1.54) is 10.6 Å². The molecule has 2 nitrogen and oxygen atoms in total. The zero-order chi connectivity index (χ0) is 11.4. The van der Waals surface area contributed by atoms with Gasteiger partial charge in [-0.3, -0.25) is 0 Å². The third-order valence-electron chi connectivity index (χ3n) is 3.18. The molecule has 2 unspecified atom stereocenters. The number of rotatable bonds is 3. The van der Waals surface area contributed by atoms with Gasteiger partial charge in [-0.05, 0) is 44.2 Å². The van der Waals surface area contributed by atoms with Crippen molar-refractivity contribution in [1.82, 2.24) is 5.32 Å². The van der Waals surface area contributed by atoms with Gasteiger partial charge in [0.05, 0.1) is 10.3 Å². The molecule has 0 bridgehead atoms. The molecule has 1 aliphatic carbocycles. The van der Waals surface area contributed by atoms with E-state index < -0.39 is 0 Å². The lowest BCUT2D eigenvalue weighted by Crippen LogP contribution is -2.46. The minimum absolute atomic E-state index is 0.285. The topological polar surface area (TPSA) is 35.8 Å². The highest BCUT2D eigenvalue weighted by molar-refractivity contribution is 8.01. The van der Waals surface area contributed by atoms with Crippen molar-refractivity contribution in [3.05, 3.63) is 17.5 Å². The highest BCUT2D eigenvalue weighted by Gasteiger charge is 2.35. The number of hydrogen-bond acceptors (Lipinski definition) is 4. The number of nitrogens with one attached hydrogen (secondary N) is 1. The molecule has 0 radical (unpaired) electrons. The second-order valence-corrected chi connectivity index (χ2v) is 6.76. The monoisotopic (exact) mass is 252 g/mol. The fraction of sp³-hybridized carbons (Fsp3) is 0.583. The van der Waals surface area contributed by atoms with Gasteiger partial charge in [0, 0.05) is 5.25 Å². The number of nitrogens with zero attached hydrogens (tertiary/aromatic N) is 1. The van der Waals surface area contributed by atoms with Gasteiger partial charge in [0.25, 0.3) is 0 Å². The molecule has 2 rings (SSSR count). The van der Waals surface area contributed by atoms with Crippen LogP contribution in [0.1, 0.15) is 25.7 Å². The fourth-order valence-electron chi connectivity index (χ4n) is 2.20. The molecule has 1 heterocycles. The molecule has 1 fully saturated rings. The van der Waals surface area contributed by atoms with Crippen molar-refractivity contribution in [3.8, 4) is 6.07 Å². The SMILES string of the molecule is CNC1(C#N)CCCC(Sc2cccs2)C1. The van der Waals surface area contributed by atoms with Gasteiger partial charge < -0.3 is 5.32 Å². The van der Waals surface area contributed by atoms with Gasteiger partial charge in [-0.2, -0.15) is 5.26 Å². The first kappa shape index (κ1) is 12.0. The van der Waals surface area contributed by atoms with Crippen molar-refractivity contribution in [2.75, 3.05) is 7.05 Å². The normalized spacial score (nSPS) is 29.9. The van der Waals surface area contributed by atoms with Crippen LogP contribution in [0.15, 0.2) is 21.7 Å². The highest BCUT2D eigenvalue weighted by atomic mass is 32.2. The summed E-state index contributed by atoms with van der Waals surface area (Å²) in [5.41, 5.74) is -0.285. The van der Waals surface area contributed by atoms with E-state index in [0.29, 0.717) is 5.25 Å². The Bertz CT molecular complexity index is 369. The van der Waals surface area contributed by atoms with E-state index in [9.17, 15) is 5.26 Å². The first-order valence-corrected chi connectivity index (χ1v) is 7.34. The average Bonchev–Trinajstić information content (AvgIpc) is 2.82. The van der Waals surface area contributed by atoms with Gasteiger partial charge in [0.2, 0.25) is 0 Å². The van der Waals surface area contributed by atoms with Gasteiger partial charge in [-0.15, -0.1) is 23.1 Å². The van der Waals surface area contributed by atoms with Crippen LogP contribution in [0.2, 0.25) is 0 Å². The summed E-state index contributed by atoms with van der Waals surface area (Å²) in [6, 6.07) is 6.71. The second kappa shape index (κ2) is 5.22. The van der Waals surface area contributed by atoms with Crippen molar-refractivity contribution < 1.29 is 0 Å². The van der Waals surface area contributed by atoms with Gasteiger partial charge >= 0.3 is 0 Å². The van der Waals surface area contributed by atoms with Crippen molar-refractivity contribution in [2.45, 2.75) is 40.7 Å². The van der Waals surface area contributed by atoms with Crippen LogP contribution in [0.3, 0.4) is 0 Å². The summed E-state index contributed by atoms with van der Waals surface area (Å²) in [6.07, 6.45) is 4.33. The molecular formula is C12H16N2S2. The molecule has 0 saturated heterocycles. The minimum Gasteiger partial charge on any atom is -0.302 e. The van der Waals surface area contributed by atoms with E-state index in [-0.39, 0.29) is 5.54 Å². The molecule has 0 spiro atoms. The molecule has 0 aromatic carbocycles. The van der Waals surface area contributed by atoms with Crippen LogP contribution < -0.4 is 5.32 Å². The Morgan fingerprint density at radius 1 is 1.69 bits per heavy atom. The molecule has 0 aliphatic heterocycles. The van der Waals surface area contributed by atoms with Crippen LogP contribution in [0, 0.1) is 11.3 Å². The van der Waals surface area contributed by atoms with Crippen LogP contribution in [0.5, 0.6) is 0 Å². The molecule has 1 aliphatic rings. The minimum atomic E-state index is -0.285. The molecule has 1 aromatic heterocycles. The molecule has 86 valence electrons. The van der Waals surface area contributed by atoms with Crippen LogP contribution >= 0.6 is 23.1 Å². The summed E-state index contributed by atoms with van der Waals surface area (Å²) in [5, 5.41) is 15.2. The first-order valence-electron chi connectivity index (χ1n) is 5.58. The Hall–Kier alpha value is -0.500. The third-order valence-corrected chi connectivity index (χ3v) is 5.52. The predicted octanol–water partition coefficient (Wildman–Crippen LogP) is 3.26. The Kier molecular flexibility index (Phi) is 3.91. The van der Waals surface area contributed by atoms with E-state index in [1.807, 2.05) is 18.8 Å². The van der Waals surface area contributed by atoms with Gasteiger partial charge in [-0.1, -0.05) is 6.07 Å². The van der Waals surface area contributed by atoms with E-state index in [4.69, 9.17) is 0 Å². The summed E-state index contributed by atoms with van der Waals surface area (Å²) >= 11 is 3.72. The largest absolute Gasteiger partial charge is 0.302 e. The van der Waals surface area contributed by atoms with Gasteiger partial charge in [0.1, 0.15) is 5.54 Å². The molecule has 4 heteroatoms. The summed E-state index contributed by atoms with van der Waals surface area (Å²) in [6.45, 7) is 0. The highest BCUT2D eigenvalue weighted by Crippen LogP contribution is 2.39. The van der Waals surface area contributed by atoms with Crippen molar-refractivity contribution in [3.63, 3.8) is 0 Å². The fourth-order valence-corrected chi connectivity index (χ4v) is 4.59. The number of hydrogen-bond donors (Lipinski definition) is 1. The second-order valence-electron chi connectivity index (χ2n) is 4.21. The average molecular weight is 252 g/mol. The number of thiophene rings is 1. The Morgan fingerprint density at radius 3 is 3.19 bits per heavy atom. The van der Waals surface area contributed by atoms with Crippen molar-refractivity contribution in [2.24, 2.45) is 0 Å². The van der Waals surface area contributed by atoms with Crippen LogP contribution in [-0.2, 0) is 0 Å². The quantitative estimate of drug-likeness (QED) is 0.897. The third kappa shape index (κ3) is 2.60. The zero-order valence-electron chi connectivity index (χ0n) is 9.40. The maximum absolute atomic E-state index is 9.27. The molecule has 0 amide bonds. The number of nitriles is 1. The smallest absolute Gasteiger partial charge is 0.107 e. The summed E-state index contributed by atoms with van der Waals surface area (Å²) < 4.78 is 1.37. The Labute approximate surface area is 105 Å². The molecule has 1 saturated carbocycles. The number of thioether (sulfide) groups is 1. The van der Waals surface area contributed by atoms with E-state index in [0.717, 1.165) is 19.3 Å². The van der Waals surface area contributed by atoms with E-state index in [1.54, 1.807) is 11.3 Å². The molecule has 16 heavy (non-hydrogen) atoms. The lowest BCUT2D eigenvalue weighted by Gasteiger charge is -2.34. The molecule has 1 aromatic rings. The summed E-state index contributed by atoms with van der Waals surface area (Å²) in [5.74, 6) is 0. The summed E-state index contributed by atoms with van der Waals surface area (Å²) in [4.78, 5) is 0. The predicted molar refractivity (Wildman–Crippen MR) is 69.8 cm³/mol. The van der Waals surface area contributed by atoms with Crippen molar-refractivity contribution >= 4 is 23.1 Å². The molecule has 1 N–H and O–H groups in total. The standard InChI is InChI=1S/C12H16N2S2/c1-14-12(9-13)6-2-4-10(8-12)16-11-5-3-7-15-11/h3,5,7,10,14H,2,4,6,8H2,1H3. The zero-order valence-corrected chi connectivity index (χ0v) is 11.0. The summed E-state index contributed by atoms with van der Waals surface area (Å²) in [7, 11) is 1.90. The van der Waals surface area contributed by atoms with E-state index in [2.05, 4.69) is 28.9 Å². The van der Waals surface area contributed by atoms with Gasteiger partial charge in [-0.25, -0.2) is 0 Å². The molecular weight excluding hydrogens is 236 g/mol. The van der Waals surface area contributed by atoms with E-state index >= 15 is 0 Å². The maximum Gasteiger partial charge on any atom is 0.107 e. The Morgan fingerprint density at radius 2 is 2.56 bits per heavy atom. The lowest BCUT2D eigenvalue weighted by atomic mass is 9.83. The van der Waals surface area contributed by atoms with Crippen LogP contribution in [0.25, 0.3) is 0 Å². The van der Waals surface area contributed by atoms with Crippen LogP contribution in [-0.4, -0.2) is 17.8 Å². The lowest BCUT2D eigenvalue weighted by molar-refractivity contribution is 0.323. The van der Waals surface area contributed by atoms with Crippen LogP contribution in [0.4, 0.5) is 0 Å². The maximum atomic E-state index is 9.27. The van der Waals surface area contributed by atoms with Crippen molar-refractivity contribution in [1.29, 1.82) is 5.26 Å². The Balaban J connectivity index is 2.00. The van der Waals surface area contributed by atoms with Gasteiger partial charge in [0.15, 0.2) is 0 Å².